The highest BCUT2D eigenvalue weighted by Gasteiger charge is 2.20. The maximum absolute atomic E-state index is 12.0. The number of rotatable bonds is 7. The minimum atomic E-state index is -0.316. The molecule has 1 amide bonds. The molecule has 1 atom stereocenters. The molecule has 1 saturated heterocycles. The standard InChI is InChI=1S/C15H26N4O3/c1-12-4-3-9-19(11-12)14(20)7-8-17-10-13(18-16)5-6-15(21)22-2/h10,12H,3-9,11,16H2,1-2H3. The number of hydrogen-bond donors (Lipinski definition) is 1. The predicted molar refractivity (Wildman–Crippen MR) is 85.8 cm³/mol. The third kappa shape index (κ3) is 6.69. The van der Waals surface area contributed by atoms with Crippen LogP contribution in [0.4, 0.5) is 0 Å². The lowest BCUT2D eigenvalue weighted by Gasteiger charge is -2.30. The quantitative estimate of drug-likeness (QED) is 0.328. The molecule has 0 aromatic carbocycles. The molecule has 22 heavy (non-hydrogen) atoms. The Morgan fingerprint density at radius 3 is 2.77 bits per heavy atom. The zero-order valence-corrected chi connectivity index (χ0v) is 13.5. The number of amides is 1. The number of nitrogens with two attached hydrogens (primary N) is 1. The summed E-state index contributed by atoms with van der Waals surface area (Å²) in [6, 6.07) is 0. The molecular formula is C15H26N4O3. The number of carbonyl (C=O) groups is 2. The Morgan fingerprint density at radius 2 is 2.14 bits per heavy atom. The van der Waals surface area contributed by atoms with Gasteiger partial charge in [-0.25, -0.2) is 0 Å². The van der Waals surface area contributed by atoms with Gasteiger partial charge in [-0.3, -0.25) is 14.6 Å². The van der Waals surface area contributed by atoms with Crippen molar-refractivity contribution in [1.82, 2.24) is 4.90 Å². The topological polar surface area (TPSA) is 97.3 Å². The predicted octanol–water partition coefficient (Wildman–Crippen LogP) is 0.974. The van der Waals surface area contributed by atoms with Gasteiger partial charge >= 0.3 is 5.97 Å². The largest absolute Gasteiger partial charge is 0.469 e. The van der Waals surface area contributed by atoms with Crippen LogP contribution in [0.3, 0.4) is 0 Å². The van der Waals surface area contributed by atoms with E-state index in [1.165, 1.54) is 19.7 Å². The summed E-state index contributed by atoms with van der Waals surface area (Å²) in [4.78, 5) is 29.2. The number of carbonyl (C=O) groups excluding carboxylic acids is 2. The van der Waals surface area contributed by atoms with E-state index < -0.39 is 0 Å². The van der Waals surface area contributed by atoms with E-state index in [1.54, 1.807) is 0 Å². The van der Waals surface area contributed by atoms with Gasteiger partial charge in [-0.15, -0.1) is 0 Å². The Morgan fingerprint density at radius 1 is 1.36 bits per heavy atom. The van der Waals surface area contributed by atoms with Crippen molar-refractivity contribution in [2.24, 2.45) is 21.9 Å². The Labute approximate surface area is 131 Å². The van der Waals surface area contributed by atoms with Crippen LogP contribution in [0.15, 0.2) is 10.1 Å². The van der Waals surface area contributed by atoms with Gasteiger partial charge in [-0.1, -0.05) is 6.92 Å². The van der Waals surface area contributed by atoms with Gasteiger partial charge in [0, 0.05) is 38.7 Å². The van der Waals surface area contributed by atoms with Crippen LogP contribution >= 0.6 is 0 Å². The molecule has 0 aromatic rings. The number of likely N-dealkylation sites (tertiary alicyclic amines) is 1. The number of ether oxygens (including phenoxy) is 1. The molecule has 1 rings (SSSR count). The van der Waals surface area contributed by atoms with Gasteiger partial charge in [0.25, 0.3) is 0 Å². The van der Waals surface area contributed by atoms with Crippen LogP contribution in [0.25, 0.3) is 0 Å². The first-order valence-corrected chi connectivity index (χ1v) is 7.68. The highest BCUT2D eigenvalue weighted by Crippen LogP contribution is 2.15. The summed E-state index contributed by atoms with van der Waals surface area (Å²) in [5, 5.41) is 3.57. The second-order valence-corrected chi connectivity index (χ2v) is 5.57. The van der Waals surface area contributed by atoms with E-state index in [0.29, 0.717) is 31.0 Å². The zero-order valence-electron chi connectivity index (χ0n) is 13.5. The first kappa shape index (κ1) is 18.1. The van der Waals surface area contributed by atoms with Gasteiger partial charge < -0.3 is 15.5 Å². The molecule has 1 aliphatic heterocycles. The van der Waals surface area contributed by atoms with Crippen molar-refractivity contribution in [2.75, 3.05) is 26.7 Å². The minimum Gasteiger partial charge on any atom is -0.469 e. The minimum absolute atomic E-state index is 0.143. The SMILES string of the molecule is COC(=O)CCC(C=NCCC(=O)N1CCCC(C)C1)=NN. The second kappa shape index (κ2) is 9.92. The molecular weight excluding hydrogens is 284 g/mol. The first-order valence-electron chi connectivity index (χ1n) is 7.68. The van der Waals surface area contributed by atoms with Gasteiger partial charge in [-0.05, 0) is 18.8 Å². The average Bonchev–Trinajstić information content (AvgIpc) is 2.53. The van der Waals surface area contributed by atoms with Crippen LogP contribution in [-0.4, -0.2) is 55.4 Å². The Kier molecular flexibility index (Phi) is 8.17. The van der Waals surface area contributed by atoms with E-state index in [9.17, 15) is 9.59 Å². The summed E-state index contributed by atoms with van der Waals surface area (Å²) >= 11 is 0. The smallest absolute Gasteiger partial charge is 0.305 e. The number of esters is 1. The van der Waals surface area contributed by atoms with E-state index in [0.717, 1.165) is 19.5 Å². The summed E-state index contributed by atoms with van der Waals surface area (Å²) in [5.41, 5.74) is 0.518. The van der Waals surface area contributed by atoms with Crippen LogP contribution in [0, 0.1) is 5.92 Å². The fourth-order valence-corrected chi connectivity index (χ4v) is 2.40. The van der Waals surface area contributed by atoms with Crippen LogP contribution in [0.2, 0.25) is 0 Å². The molecule has 0 bridgehead atoms. The summed E-state index contributed by atoms with van der Waals surface area (Å²) in [6.07, 6.45) is 4.77. The molecule has 0 radical (unpaired) electrons. The number of hydrogen-bond acceptors (Lipinski definition) is 6. The van der Waals surface area contributed by atoms with Gasteiger partial charge in [0.2, 0.25) is 5.91 Å². The van der Waals surface area contributed by atoms with Gasteiger partial charge in [-0.2, -0.15) is 5.10 Å². The van der Waals surface area contributed by atoms with Crippen LogP contribution in [0.1, 0.15) is 39.0 Å². The lowest BCUT2D eigenvalue weighted by molar-refractivity contribution is -0.140. The Balaban J connectivity index is 2.29. The number of piperidine rings is 1. The van der Waals surface area contributed by atoms with Gasteiger partial charge in [0.05, 0.1) is 19.2 Å². The molecule has 0 spiro atoms. The van der Waals surface area contributed by atoms with Crippen LogP contribution < -0.4 is 5.84 Å². The van der Waals surface area contributed by atoms with Gasteiger partial charge in [0.15, 0.2) is 0 Å². The maximum Gasteiger partial charge on any atom is 0.305 e. The summed E-state index contributed by atoms with van der Waals surface area (Å²) in [6.45, 7) is 4.27. The van der Waals surface area contributed by atoms with E-state index >= 15 is 0 Å². The number of methoxy groups -OCH3 is 1. The van der Waals surface area contributed by atoms with Crippen molar-refractivity contribution in [1.29, 1.82) is 0 Å². The van der Waals surface area contributed by atoms with Crippen molar-refractivity contribution in [3.63, 3.8) is 0 Å². The lowest BCUT2D eigenvalue weighted by atomic mass is 10.00. The van der Waals surface area contributed by atoms with E-state index in [2.05, 4.69) is 21.8 Å². The molecule has 1 unspecified atom stereocenters. The molecule has 0 saturated carbocycles. The molecule has 0 aromatic heterocycles. The fraction of sp³-hybridized carbons (Fsp3) is 0.733. The second-order valence-electron chi connectivity index (χ2n) is 5.57. The normalized spacial score (nSPS) is 19.5. The summed E-state index contributed by atoms with van der Waals surface area (Å²) in [7, 11) is 1.34. The van der Waals surface area contributed by atoms with Crippen molar-refractivity contribution in [3.8, 4) is 0 Å². The van der Waals surface area contributed by atoms with E-state index in [1.807, 2.05) is 4.90 Å². The maximum atomic E-state index is 12.0. The van der Waals surface area contributed by atoms with Crippen molar-refractivity contribution in [3.05, 3.63) is 0 Å². The van der Waals surface area contributed by atoms with Crippen molar-refractivity contribution >= 4 is 23.8 Å². The molecule has 0 aliphatic carbocycles. The van der Waals surface area contributed by atoms with Crippen LogP contribution in [0.5, 0.6) is 0 Å². The third-order valence-electron chi connectivity index (χ3n) is 3.68. The highest BCUT2D eigenvalue weighted by molar-refractivity contribution is 6.30. The van der Waals surface area contributed by atoms with Crippen LogP contribution in [-0.2, 0) is 14.3 Å². The first-order chi connectivity index (χ1) is 10.6. The average molecular weight is 310 g/mol. The number of hydrazone groups is 1. The molecule has 1 heterocycles. The van der Waals surface area contributed by atoms with Gasteiger partial charge in [0.1, 0.15) is 0 Å². The number of nitrogens with zero attached hydrogens (tertiary/aromatic N) is 3. The zero-order chi connectivity index (χ0) is 16.4. The summed E-state index contributed by atoms with van der Waals surface area (Å²) in [5.74, 6) is 5.65. The monoisotopic (exact) mass is 310 g/mol. The van der Waals surface area contributed by atoms with Crippen molar-refractivity contribution in [2.45, 2.75) is 39.0 Å². The molecule has 124 valence electrons. The summed E-state index contributed by atoms with van der Waals surface area (Å²) < 4.78 is 4.55. The van der Waals surface area contributed by atoms with Crippen molar-refractivity contribution < 1.29 is 14.3 Å². The fourth-order valence-electron chi connectivity index (χ4n) is 2.40. The highest BCUT2D eigenvalue weighted by atomic mass is 16.5. The Bertz CT molecular complexity index is 435. The van der Waals surface area contributed by atoms with E-state index in [-0.39, 0.29) is 18.3 Å². The molecule has 7 heteroatoms. The number of aliphatic imine (C=N–C) groups is 1. The molecule has 1 aliphatic rings. The lowest BCUT2D eigenvalue weighted by Crippen LogP contribution is -2.39. The Hall–Kier alpha value is -1.92. The molecule has 7 nitrogen and oxygen atoms in total. The van der Waals surface area contributed by atoms with E-state index in [4.69, 9.17) is 5.84 Å². The molecule has 2 N–H and O–H groups in total. The molecule has 1 fully saturated rings. The third-order valence-corrected chi connectivity index (χ3v) is 3.68.